The number of hydrogen-bond donors (Lipinski definition) is 3. The van der Waals surface area contributed by atoms with Gasteiger partial charge in [0.05, 0.1) is 10.0 Å². The molecule has 2 aromatic rings. The summed E-state index contributed by atoms with van der Waals surface area (Å²) in [5, 5.41) is 22.4. The Kier molecular flexibility index (Phi) is 16.5. The third-order valence-electron chi connectivity index (χ3n) is 7.07. The molecule has 0 spiro atoms. The molecule has 42 heavy (non-hydrogen) atoms. The number of carbonyl (C=O) groups excluding carboxylic acids is 1. The molecule has 232 valence electrons. The highest BCUT2D eigenvalue weighted by molar-refractivity contribution is 6.42. The summed E-state index contributed by atoms with van der Waals surface area (Å²) in [6.07, 6.45) is 5.66. The number of nitrogens with one attached hydrogen (secondary N) is 1. The van der Waals surface area contributed by atoms with E-state index in [2.05, 4.69) is 37.4 Å². The molecule has 0 aromatic heterocycles. The van der Waals surface area contributed by atoms with Gasteiger partial charge in [0.25, 0.3) is 5.91 Å². The first-order valence-corrected chi connectivity index (χ1v) is 15.3. The predicted octanol–water partition coefficient (Wildman–Crippen LogP) is 6.57. The van der Waals surface area contributed by atoms with Crippen molar-refractivity contribution in [1.82, 2.24) is 5.32 Å². The lowest BCUT2D eigenvalue weighted by Gasteiger charge is -2.23. The summed E-state index contributed by atoms with van der Waals surface area (Å²) in [5.74, 6) is -3.40. The van der Waals surface area contributed by atoms with E-state index in [4.69, 9.17) is 37.8 Å². The molecular weight excluding hydrogens is 581 g/mol. The molecule has 2 unspecified atom stereocenters. The van der Waals surface area contributed by atoms with Crippen molar-refractivity contribution in [2.24, 2.45) is 0 Å². The Morgan fingerprint density at radius 3 is 2.00 bits per heavy atom. The van der Waals surface area contributed by atoms with Gasteiger partial charge in [0.2, 0.25) is 0 Å². The molecule has 8 nitrogen and oxygen atoms in total. The summed E-state index contributed by atoms with van der Waals surface area (Å²) in [6.45, 7) is 3.83. The molecule has 2 rings (SSSR count). The lowest BCUT2D eigenvalue weighted by molar-refractivity contribution is -0.172. The Balaban J connectivity index is 1.74. The highest BCUT2D eigenvalue weighted by Gasteiger charge is 2.36. The maximum absolute atomic E-state index is 12.9. The Morgan fingerprint density at radius 1 is 0.738 bits per heavy atom. The van der Waals surface area contributed by atoms with Gasteiger partial charge in [-0.05, 0) is 86.8 Å². The molecule has 0 aliphatic heterocycles. The minimum absolute atomic E-state index is 0.157. The fraction of sp³-hybridized carbons (Fsp3) is 0.531. The molecule has 0 saturated heterocycles. The van der Waals surface area contributed by atoms with Crippen molar-refractivity contribution in [2.45, 2.75) is 90.3 Å². The Bertz CT molecular complexity index is 1160. The quantitative estimate of drug-likeness (QED) is 0.134. The van der Waals surface area contributed by atoms with Crippen molar-refractivity contribution < 1.29 is 34.1 Å². The molecule has 2 atom stereocenters. The van der Waals surface area contributed by atoms with Gasteiger partial charge < -0.3 is 25.0 Å². The third kappa shape index (κ3) is 13.6. The van der Waals surface area contributed by atoms with Crippen LogP contribution >= 0.6 is 23.2 Å². The second kappa shape index (κ2) is 19.5. The number of halogens is 2. The zero-order chi connectivity index (χ0) is 30.9. The smallest absolute Gasteiger partial charge is 0.336 e. The van der Waals surface area contributed by atoms with E-state index in [1.165, 1.54) is 16.7 Å². The minimum atomic E-state index is -1.72. The molecule has 0 bridgehead atoms. The van der Waals surface area contributed by atoms with Crippen molar-refractivity contribution >= 4 is 41.0 Å². The van der Waals surface area contributed by atoms with Crippen LogP contribution in [0.3, 0.4) is 0 Å². The summed E-state index contributed by atoms with van der Waals surface area (Å²) in [5.41, 5.74) is 4.91. The van der Waals surface area contributed by atoms with Crippen LogP contribution in [-0.4, -0.2) is 60.0 Å². The molecule has 0 fully saturated rings. The Hall–Kier alpha value is -2.65. The van der Waals surface area contributed by atoms with Gasteiger partial charge in [-0.2, -0.15) is 0 Å². The fourth-order valence-corrected chi connectivity index (χ4v) is 4.84. The van der Waals surface area contributed by atoms with E-state index in [1.807, 2.05) is 12.1 Å². The molecule has 0 aliphatic carbocycles. The van der Waals surface area contributed by atoms with Crippen molar-refractivity contribution in [2.75, 3.05) is 19.8 Å². The summed E-state index contributed by atoms with van der Waals surface area (Å²) < 4.78 is 10.7. The van der Waals surface area contributed by atoms with Crippen LogP contribution in [0.4, 0.5) is 0 Å². The first-order valence-electron chi connectivity index (χ1n) is 14.5. The van der Waals surface area contributed by atoms with E-state index in [0.717, 1.165) is 63.4 Å². The number of rotatable bonds is 21. The molecule has 0 heterocycles. The van der Waals surface area contributed by atoms with Gasteiger partial charge in [0, 0.05) is 13.2 Å². The van der Waals surface area contributed by atoms with Crippen molar-refractivity contribution in [3.8, 4) is 0 Å². The second-order valence-electron chi connectivity index (χ2n) is 10.5. The summed E-state index contributed by atoms with van der Waals surface area (Å²) >= 11 is 12.0. The zero-order valence-electron chi connectivity index (χ0n) is 24.5. The average Bonchev–Trinajstić information content (AvgIpc) is 2.94. The number of aliphatic carboxylic acids is 2. The van der Waals surface area contributed by atoms with E-state index in [9.17, 15) is 19.5 Å². The van der Waals surface area contributed by atoms with Gasteiger partial charge in [-0.3, -0.25) is 4.79 Å². The van der Waals surface area contributed by atoms with Crippen molar-refractivity contribution in [3.63, 3.8) is 0 Å². The summed E-state index contributed by atoms with van der Waals surface area (Å²) in [6, 6.07) is 12.1. The molecule has 10 heteroatoms. The van der Waals surface area contributed by atoms with Crippen molar-refractivity contribution in [1.29, 1.82) is 0 Å². The van der Waals surface area contributed by atoms with Crippen molar-refractivity contribution in [3.05, 3.63) is 68.7 Å². The molecule has 0 radical (unpaired) electrons. The van der Waals surface area contributed by atoms with Crippen LogP contribution in [0.5, 0.6) is 0 Å². The Morgan fingerprint density at radius 2 is 1.36 bits per heavy atom. The summed E-state index contributed by atoms with van der Waals surface area (Å²) in [7, 11) is 0. The highest BCUT2D eigenvalue weighted by Crippen LogP contribution is 2.23. The molecule has 0 aliphatic rings. The van der Waals surface area contributed by atoms with Gasteiger partial charge in [-0.1, -0.05) is 73.2 Å². The second-order valence-corrected chi connectivity index (χ2v) is 11.4. The maximum Gasteiger partial charge on any atom is 0.336 e. The number of benzene rings is 2. The molecule has 0 saturated carbocycles. The number of carboxylic acid groups (broad SMARTS) is 2. The number of unbranched alkanes of at least 4 members (excludes halogenated alkanes) is 6. The molecule has 2 aromatic carbocycles. The number of hydrogen-bond acceptors (Lipinski definition) is 5. The van der Waals surface area contributed by atoms with Gasteiger partial charge in [-0.15, -0.1) is 0 Å². The first kappa shape index (κ1) is 35.5. The van der Waals surface area contributed by atoms with E-state index >= 15 is 0 Å². The predicted molar refractivity (Wildman–Crippen MR) is 164 cm³/mol. The molecular formula is C32H43Cl2NO7. The number of amides is 1. The standard InChI is InChI=1S/C32H43Cl2NO7/c1-22-13-14-24(19-23(22)2)11-8-6-10-18-41-29(30(32(39)40)42-21-28(36)37)31(38)35-17-9-5-3-4-7-12-25-15-16-26(33)27(34)20-25/h13-16,19-20,29-30H,3-12,17-18,21H2,1-2H3,(H,35,38)(H,36,37)(H,39,40). The van der Waals surface area contributed by atoms with Gasteiger partial charge in [0.15, 0.2) is 12.2 Å². The zero-order valence-corrected chi connectivity index (χ0v) is 26.0. The molecule has 3 N–H and O–H groups in total. The maximum atomic E-state index is 12.9. The van der Waals surface area contributed by atoms with Crippen LogP contribution in [-0.2, 0) is 36.7 Å². The number of ether oxygens (including phenoxy) is 2. The van der Waals surface area contributed by atoms with Crippen LogP contribution in [0.25, 0.3) is 0 Å². The van der Waals surface area contributed by atoms with E-state index in [-0.39, 0.29) is 6.61 Å². The number of carbonyl (C=O) groups is 3. The van der Waals surface area contributed by atoms with E-state index in [1.54, 1.807) is 6.07 Å². The van der Waals surface area contributed by atoms with Gasteiger partial charge in [0.1, 0.15) is 6.61 Å². The Labute approximate surface area is 258 Å². The monoisotopic (exact) mass is 623 g/mol. The highest BCUT2D eigenvalue weighted by atomic mass is 35.5. The topological polar surface area (TPSA) is 122 Å². The summed E-state index contributed by atoms with van der Waals surface area (Å²) in [4.78, 5) is 35.7. The van der Waals surface area contributed by atoms with Crippen LogP contribution in [0.15, 0.2) is 36.4 Å². The van der Waals surface area contributed by atoms with Gasteiger partial charge >= 0.3 is 11.9 Å². The van der Waals surface area contributed by atoms with Crippen LogP contribution < -0.4 is 5.32 Å². The number of aryl methyl sites for hydroxylation is 4. The lowest BCUT2D eigenvalue weighted by Crippen LogP contribution is -2.49. The largest absolute Gasteiger partial charge is 0.480 e. The fourth-order valence-electron chi connectivity index (χ4n) is 4.52. The number of carboxylic acids is 2. The lowest BCUT2D eigenvalue weighted by atomic mass is 10.0. The van der Waals surface area contributed by atoms with E-state index in [0.29, 0.717) is 23.0 Å². The normalized spacial score (nSPS) is 12.6. The van der Waals surface area contributed by atoms with E-state index < -0.39 is 36.7 Å². The first-order chi connectivity index (χ1) is 20.1. The van der Waals surface area contributed by atoms with Gasteiger partial charge in [-0.25, -0.2) is 9.59 Å². The minimum Gasteiger partial charge on any atom is -0.480 e. The SMILES string of the molecule is Cc1ccc(CCCCCOC(C(=O)NCCCCCCCc2ccc(Cl)c(Cl)c2)C(OCC(=O)O)C(=O)O)cc1C. The van der Waals surface area contributed by atoms with Crippen LogP contribution in [0.1, 0.15) is 73.6 Å². The van der Waals surface area contributed by atoms with Crippen LogP contribution in [0, 0.1) is 13.8 Å². The van der Waals surface area contributed by atoms with Crippen LogP contribution in [0.2, 0.25) is 10.0 Å². The molecule has 1 amide bonds. The third-order valence-corrected chi connectivity index (χ3v) is 7.81. The average molecular weight is 625 g/mol.